The minimum Gasteiger partial charge on any atom is -0.355 e. The Morgan fingerprint density at radius 1 is 1.30 bits per heavy atom. The molecule has 0 radical (unpaired) electrons. The van der Waals surface area contributed by atoms with E-state index in [1.807, 2.05) is 6.07 Å². The van der Waals surface area contributed by atoms with Gasteiger partial charge in [0.05, 0.1) is 6.04 Å². The van der Waals surface area contributed by atoms with Gasteiger partial charge in [-0.3, -0.25) is 9.59 Å². The molecule has 2 saturated heterocycles. The lowest BCUT2D eigenvalue weighted by molar-refractivity contribution is -0.112. The lowest BCUT2D eigenvalue weighted by Crippen LogP contribution is -2.37. The highest BCUT2D eigenvalue weighted by Crippen LogP contribution is 2.20. The van der Waals surface area contributed by atoms with Crippen LogP contribution in [0, 0.1) is 0 Å². The topological polar surface area (TPSA) is 75.2 Å². The van der Waals surface area contributed by atoms with Gasteiger partial charge in [-0.25, -0.2) is 0 Å². The molecule has 106 valence electrons. The number of hydrogen-bond donors (Lipinski definition) is 1. The van der Waals surface area contributed by atoms with Gasteiger partial charge in [0.25, 0.3) is 5.91 Å². The fourth-order valence-electron chi connectivity index (χ4n) is 2.42. The predicted molar refractivity (Wildman–Crippen MR) is 76.8 cm³/mol. The van der Waals surface area contributed by atoms with E-state index >= 15 is 0 Å². The third kappa shape index (κ3) is 2.77. The minimum absolute atomic E-state index is 0.0278. The number of carbonyl (C=O) groups is 2. The quantitative estimate of drug-likeness (QED) is 0.890. The molecule has 7 heteroatoms. The fourth-order valence-corrected chi connectivity index (χ4v) is 3.35. The van der Waals surface area contributed by atoms with E-state index in [0.29, 0.717) is 6.42 Å². The number of nitrogens with one attached hydrogen (secondary N) is 1. The van der Waals surface area contributed by atoms with Crippen molar-refractivity contribution < 1.29 is 9.59 Å². The molecule has 0 saturated carbocycles. The van der Waals surface area contributed by atoms with E-state index in [1.165, 1.54) is 24.6 Å². The van der Waals surface area contributed by atoms with Crippen molar-refractivity contribution in [2.24, 2.45) is 0 Å². The molecule has 2 fully saturated rings. The van der Waals surface area contributed by atoms with Gasteiger partial charge in [0, 0.05) is 18.8 Å². The third-order valence-electron chi connectivity index (χ3n) is 3.55. The maximum absolute atomic E-state index is 12.0. The normalized spacial score (nSPS) is 22.3. The van der Waals surface area contributed by atoms with Gasteiger partial charge in [0.1, 0.15) is 0 Å². The van der Waals surface area contributed by atoms with Crippen molar-refractivity contribution in [1.29, 1.82) is 0 Å². The maximum atomic E-state index is 12.0. The molecule has 20 heavy (non-hydrogen) atoms. The SMILES string of the molecule is O=C(N[C@@H]1CCSC1=O)c1ccc(N2CCCC2)nn1. The van der Waals surface area contributed by atoms with Crippen molar-refractivity contribution in [3.63, 3.8) is 0 Å². The smallest absolute Gasteiger partial charge is 0.272 e. The van der Waals surface area contributed by atoms with Gasteiger partial charge < -0.3 is 10.2 Å². The summed E-state index contributed by atoms with van der Waals surface area (Å²) in [6.45, 7) is 1.99. The van der Waals surface area contributed by atoms with E-state index in [4.69, 9.17) is 0 Å². The second kappa shape index (κ2) is 5.78. The first kappa shape index (κ1) is 13.4. The second-order valence-electron chi connectivity index (χ2n) is 4.95. The summed E-state index contributed by atoms with van der Waals surface area (Å²) < 4.78 is 0. The Morgan fingerprint density at radius 3 is 2.70 bits per heavy atom. The highest BCUT2D eigenvalue weighted by Gasteiger charge is 2.27. The number of anilines is 1. The van der Waals surface area contributed by atoms with Gasteiger partial charge in [-0.1, -0.05) is 11.8 Å². The van der Waals surface area contributed by atoms with Gasteiger partial charge in [-0.15, -0.1) is 10.2 Å². The van der Waals surface area contributed by atoms with Crippen molar-refractivity contribution in [1.82, 2.24) is 15.5 Å². The van der Waals surface area contributed by atoms with Crippen LogP contribution in [-0.4, -0.2) is 46.1 Å². The lowest BCUT2D eigenvalue weighted by atomic mass is 10.2. The Labute approximate surface area is 121 Å². The number of amides is 1. The summed E-state index contributed by atoms with van der Waals surface area (Å²) in [7, 11) is 0. The van der Waals surface area contributed by atoms with Crippen LogP contribution in [0.5, 0.6) is 0 Å². The van der Waals surface area contributed by atoms with E-state index in [1.54, 1.807) is 6.07 Å². The highest BCUT2D eigenvalue weighted by molar-refractivity contribution is 8.14. The van der Waals surface area contributed by atoms with Crippen molar-refractivity contribution >= 4 is 28.6 Å². The number of nitrogens with zero attached hydrogens (tertiary/aromatic N) is 3. The van der Waals surface area contributed by atoms with Crippen LogP contribution >= 0.6 is 11.8 Å². The molecule has 2 aliphatic heterocycles. The van der Waals surface area contributed by atoms with Crippen molar-refractivity contribution in [3.8, 4) is 0 Å². The summed E-state index contributed by atoms with van der Waals surface area (Å²) >= 11 is 1.27. The third-order valence-corrected chi connectivity index (χ3v) is 4.56. The molecule has 1 aromatic rings. The van der Waals surface area contributed by atoms with E-state index < -0.39 is 0 Å². The number of aromatic nitrogens is 2. The zero-order chi connectivity index (χ0) is 13.9. The molecule has 6 nitrogen and oxygen atoms in total. The molecule has 0 unspecified atom stereocenters. The van der Waals surface area contributed by atoms with Crippen LogP contribution in [0.1, 0.15) is 29.8 Å². The standard InChI is InChI=1S/C13H16N4O2S/c18-12(14-10-5-8-20-13(10)19)9-3-4-11(16-15-9)17-6-1-2-7-17/h3-4,10H,1-2,5-8H2,(H,14,18)/t10-/m1/s1. The Bertz CT molecular complexity index is 514. The monoisotopic (exact) mass is 292 g/mol. The maximum Gasteiger partial charge on any atom is 0.272 e. The number of rotatable bonds is 3. The van der Waals surface area contributed by atoms with Crippen LogP contribution in [0.3, 0.4) is 0 Å². The Morgan fingerprint density at radius 2 is 2.10 bits per heavy atom. The molecular weight excluding hydrogens is 276 g/mol. The summed E-state index contributed by atoms with van der Waals surface area (Å²) in [5.74, 6) is 1.25. The Kier molecular flexibility index (Phi) is 3.86. The van der Waals surface area contributed by atoms with Gasteiger partial charge in [0.15, 0.2) is 11.5 Å². The molecule has 0 aromatic carbocycles. The molecule has 1 atom stereocenters. The van der Waals surface area contributed by atoms with Crippen molar-refractivity contribution in [2.45, 2.75) is 25.3 Å². The first-order valence-electron chi connectivity index (χ1n) is 6.80. The molecule has 1 aromatic heterocycles. The zero-order valence-electron chi connectivity index (χ0n) is 11.0. The molecule has 0 spiro atoms. The van der Waals surface area contributed by atoms with Crippen LogP contribution in [0.15, 0.2) is 12.1 Å². The van der Waals surface area contributed by atoms with E-state index in [-0.39, 0.29) is 22.8 Å². The van der Waals surface area contributed by atoms with Crippen LogP contribution in [0.4, 0.5) is 5.82 Å². The van der Waals surface area contributed by atoms with E-state index in [0.717, 1.165) is 24.7 Å². The van der Waals surface area contributed by atoms with E-state index in [2.05, 4.69) is 20.4 Å². The van der Waals surface area contributed by atoms with Crippen LogP contribution in [0.2, 0.25) is 0 Å². The first-order chi connectivity index (χ1) is 9.74. The zero-order valence-corrected chi connectivity index (χ0v) is 11.9. The summed E-state index contributed by atoms with van der Waals surface area (Å²) in [6, 6.07) is 3.11. The highest BCUT2D eigenvalue weighted by atomic mass is 32.2. The molecule has 0 aliphatic carbocycles. The summed E-state index contributed by atoms with van der Waals surface area (Å²) in [4.78, 5) is 25.6. The van der Waals surface area contributed by atoms with Crippen LogP contribution < -0.4 is 10.2 Å². The first-order valence-corrected chi connectivity index (χ1v) is 7.79. The van der Waals surface area contributed by atoms with Gasteiger partial charge in [0.2, 0.25) is 5.12 Å². The summed E-state index contributed by atoms with van der Waals surface area (Å²) in [5.41, 5.74) is 0.262. The molecule has 1 amide bonds. The van der Waals surface area contributed by atoms with Gasteiger partial charge in [-0.05, 0) is 31.4 Å². The van der Waals surface area contributed by atoms with Crippen LogP contribution in [0.25, 0.3) is 0 Å². The largest absolute Gasteiger partial charge is 0.355 e. The summed E-state index contributed by atoms with van der Waals surface area (Å²) in [6.07, 6.45) is 3.03. The van der Waals surface area contributed by atoms with Crippen LogP contribution in [-0.2, 0) is 4.79 Å². The second-order valence-corrected chi connectivity index (χ2v) is 6.05. The average Bonchev–Trinajstić information content (AvgIpc) is 3.12. The number of hydrogen-bond acceptors (Lipinski definition) is 6. The van der Waals surface area contributed by atoms with Gasteiger partial charge >= 0.3 is 0 Å². The molecule has 3 heterocycles. The van der Waals surface area contributed by atoms with E-state index in [9.17, 15) is 9.59 Å². The van der Waals surface area contributed by atoms with Crippen molar-refractivity contribution in [3.05, 3.63) is 17.8 Å². The predicted octanol–water partition coefficient (Wildman–Crippen LogP) is 0.839. The molecule has 2 aliphatic rings. The van der Waals surface area contributed by atoms with Gasteiger partial charge in [-0.2, -0.15) is 0 Å². The van der Waals surface area contributed by atoms with Crippen molar-refractivity contribution in [2.75, 3.05) is 23.7 Å². The average molecular weight is 292 g/mol. The Hall–Kier alpha value is -1.63. The number of thioether (sulfide) groups is 1. The minimum atomic E-state index is -0.382. The Balaban J connectivity index is 1.64. The molecular formula is C13H16N4O2S. The fraction of sp³-hybridized carbons (Fsp3) is 0.538. The lowest BCUT2D eigenvalue weighted by Gasteiger charge is -2.15. The number of carbonyl (C=O) groups excluding carboxylic acids is 2. The molecule has 0 bridgehead atoms. The molecule has 1 N–H and O–H groups in total. The molecule has 3 rings (SSSR count). The summed E-state index contributed by atoms with van der Waals surface area (Å²) in [5, 5.41) is 10.8.